The zero-order valence-electron chi connectivity index (χ0n) is 7.93. The number of hydrogen-bond acceptors (Lipinski definition) is 0. The fraction of sp³-hybridized carbons (Fsp3) is 0.400. The maximum Gasteiger partial charge on any atom is 0.237 e. The molecule has 1 aromatic rings. The normalized spacial score (nSPS) is 12.1. The first-order valence-corrected chi connectivity index (χ1v) is 8.67. The highest BCUT2D eigenvalue weighted by Gasteiger charge is 2.23. The van der Waals surface area contributed by atoms with E-state index >= 15 is 0 Å². The lowest BCUT2D eigenvalue weighted by atomic mass is 9.87. The van der Waals surface area contributed by atoms with Crippen LogP contribution >= 0.6 is 22.2 Å². The molecule has 0 saturated heterocycles. The molecule has 0 N–H and O–H groups in total. The van der Waals surface area contributed by atoms with Crippen LogP contribution < -0.4 is 0 Å². The number of halogens is 2. The SMILES string of the molecule is CC(C)(C[SiH](Cl)Cl)c1ccccc1. The van der Waals surface area contributed by atoms with Crippen LogP contribution in [0.3, 0.4) is 0 Å². The van der Waals surface area contributed by atoms with Crippen molar-refractivity contribution in [2.45, 2.75) is 25.3 Å². The van der Waals surface area contributed by atoms with Crippen molar-refractivity contribution >= 4 is 29.6 Å². The van der Waals surface area contributed by atoms with Crippen molar-refractivity contribution in [1.82, 2.24) is 0 Å². The third kappa shape index (κ3) is 3.33. The van der Waals surface area contributed by atoms with Gasteiger partial charge in [0.2, 0.25) is 7.42 Å². The Morgan fingerprint density at radius 1 is 1.15 bits per heavy atom. The molecule has 0 fully saturated rings. The van der Waals surface area contributed by atoms with Gasteiger partial charge in [0.15, 0.2) is 0 Å². The number of rotatable bonds is 3. The van der Waals surface area contributed by atoms with Crippen molar-refractivity contribution in [2.24, 2.45) is 0 Å². The standard InChI is InChI=1S/C10H14Cl2Si/c1-10(2,8-13(11)12)9-6-4-3-5-7-9/h3-7,13H,8H2,1-2H3. The van der Waals surface area contributed by atoms with Gasteiger partial charge in [-0.15, -0.1) is 0 Å². The smallest absolute Gasteiger partial charge is 0.150 e. The Hall–Kier alpha value is 0.0169. The van der Waals surface area contributed by atoms with Gasteiger partial charge in [-0.3, -0.25) is 0 Å². The molecule has 0 atom stereocenters. The molecule has 1 rings (SSSR count). The molecule has 0 unspecified atom stereocenters. The van der Waals surface area contributed by atoms with Gasteiger partial charge >= 0.3 is 0 Å². The van der Waals surface area contributed by atoms with Crippen molar-refractivity contribution in [3.8, 4) is 0 Å². The van der Waals surface area contributed by atoms with E-state index in [1.165, 1.54) is 5.56 Å². The quantitative estimate of drug-likeness (QED) is 0.552. The summed E-state index contributed by atoms with van der Waals surface area (Å²) in [6, 6.07) is 11.3. The highest BCUT2D eigenvalue weighted by Crippen LogP contribution is 2.30. The van der Waals surface area contributed by atoms with Crippen LogP contribution in [0.1, 0.15) is 19.4 Å². The van der Waals surface area contributed by atoms with E-state index in [9.17, 15) is 0 Å². The number of hydrogen-bond donors (Lipinski definition) is 0. The fourth-order valence-corrected chi connectivity index (χ4v) is 4.71. The van der Waals surface area contributed by atoms with E-state index in [-0.39, 0.29) is 5.41 Å². The topological polar surface area (TPSA) is 0 Å². The Kier molecular flexibility index (Phi) is 3.83. The van der Waals surface area contributed by atoms with Gasteiger partial charge in [0.1, 0.15) is 0 Å². The van der Waals surface area contributed by atoms with Gasteiger partial charge in [0.25, 0.3) is 0 Å². The van der Waals surface area contributed by atoms with Crippen LogP contribution in [-0.4, -0.2) is 7.42 Å². The van der Waals surface area contributed by atoms with Crippen molar-refractivity contribution in [1.29, 1.82) is 0 Å². The molecular weight excluding hydrogens is 219 g/mol. The molecule has 0 saturated carbocycles. The largest absolute Gasteiger partial charge is 0.237 e. The maximum absolute atomic E-state index is 5.92. The highest BCUT2D eigenvalue weighted by atomic mass is 35.7. The summed E-state index contributed by atoms with van der Waals surface area (Å²) in [4.78, 5) is 0. The van der Waals surface area contributed by atoms with E-state index in [0.717, 1.165) is 6.04 Å². The van der Waals surface area contributed by atoms with Gasteiger partial charge in [-0.25, -0.2) is 0 Å². The average Bonchev–Trinajstić information content (AvgIpc) is 2.04. The molecule has 0 aromatic heterocycles. The summed E-state index contributed by atoms with van der Waals surface area (Å²) in [6.45, 7) is 4.38. The molecule has 0 spiro atoms. The summed E-state index contributed by atoms with van der Waals surface area (Å²) in [5.41, 5.74) is 1.43. The summed E-state index contributed by atoms with van der Waals surface area (Å²) in [6.07, 6.45) is 0. The third-order valence-electron chi connectivity index (χ3n) is 2.22. The van der Waals surface area contributed by atoms with Crippen molar-refractivity contribution in [3.63, 3.8) is 0 Å². The van der Waals surface area contributed by atoms with Crippen LogP contribution in [0.5, 0.6) is 0 Å². The van der Waals surface area contributed by atoms with Gasteiger partial charge in [0, 0.05) is 0 Å². The molecule has 72 valence electrons. The zero-order chi connectivity index (χ0) is 9.90. The first-order chi connectivity index (χ1) is 6.02. The van der Waals surface area contributed by atoms with Crippen LogP contribution in [-0.2, 0) is 5.41 Å². The molecule has 0 aliphatic rings. The lowest BCUT2D eigenvalue weighted by Crippen LogP contribution is -2.20. The van der Waals surface area contributed by atoms with Gasteiger partial charge in [0.05, 0.1) is 0 Å². The second-order valence-corrected chi connectivity index (χ2v) is 8.87. The molecule has 13 heavy (non-hydrogen) atoms. The maximum atomic E-state index is 5.92. The van der Waals surface area contributed by atoms with Gasteiger partial charge < -0.3 is 0 Å². The monoisotopic (exact) mass is 232 g/mol. The van der Waals surface area contributed by atoms with Crippen molar-refractivity contribution in [3.05, 3.63) is 35.9 Å². The third-order valence-corrected chi connectivity index (χ3v) is 4.47. The second kappa shape index (κ2) is 4.49. The Bertz CT molecular complexity index is 257. The van der Waals surface area contributed by atoms with Crippen molar-refractivity contribution in [2.75, 3.05) is 0 Å². The molecule has 1 aromatic carbocycles. The van der Waals surface area contributed by atoms with Gasteiger partial charge in [-0.1, -0.05) is 44.2 Å². The lowest BCUT2D eigenvalue weighted by molar-refractivity contribution is 0.588. The van der Waals surface area contributed by atoms with E-state index in [1.807, 2.05) is 6.07 Å². The summed E-state index contributed by atoms with van der Waals surface area (Å²) in [5.74, 6) is 0. The van der Waals surface area contributed by atoms with E-state index in [1.54, 1.807) is 0 Å². The highest BCUT2D eigenvalue weighted by molar-refractivity contribution is 7.33. The summed E-state index contributed by atoms with van der Waals surface area (Å²) >= 11 is 11.8. The molecule has 0 heterocycles. The predicted octanol–water partition coefficient (Wildman–Crippen LogP) is 3.66. The van der Waals surface area contributed by atoms with Crippen LogP contribution in [0.15, 0.2) is 30.3 Å². The van der Waals surface area contributed by atoms with E-state index < -0.39 is 7.42 Å². The first-order valence-electron chi connectivity index (χ1n) is 4.36. The second-order valence-electron chi connectivity index (χ2n) is 3.85. The van der Waals surface area contributed by atoms with Crippen LogP contribution in [0, 0.1) is 0 Å². The van der Waals surface area contributed by atoms with Crippen molar-refractivity contribution < 1.29 is 0 Å². The average molecular weight is 233 g/mol. The Balaban J connectivity index is 2.81. The minimum absolute atomic E-state index is 0.113. The summed E-state index contributed by atoms with van der Waals surface area (Å²) < 4.78 is 0. The number of benzene rings is 1. The molecule has 0 amide bonds. The minimum atomic E-state index is -1.52. The van der Waals surface area contributed by atoms with Gasteiger partial charge in [-0.05, 0) is 17.0 Å². The van der Waals surface area contributed by atoms with Crippen LogP contribution in [0.25, 0.3) is 0 Å². The molecule has 0 aliphatic heterocycles. The summed E-state index contributed by atoms with van der Waals surface area (Å²) in [7, 11) is -1.52. The molecule has 3 heteroatoms. The fourth-order valence-electron chi connectivity index (χ4n) is 1.39. The van der Waals surface area contributed by atoms with Crippen LogP contribution in [0.4, 0.5) is 0 Å². The van der Waals surface area contributed by atoms with E-state index in [4.69, 9.17) is 22.2 Å². The molecule has 0 nitrogen and oxygen atoms in total. The Morgan fingerprint density at radius 3 is 2.15 bits per heavy atom. The Morgan fingerprint density at radius 2 is 1.69 bits per heavy atom. The molecular formula is C10H14Cl2Si. The first kappa shape index (κ1) is 11.1. The van der Waals surface area contributed by atoms with E-state index in [0.29, 0.717) is 0 Å². The van der Waals surface area contributed by atoms with Gasteiger partial charge in [-0.2, -0.15) is 22.2 Å². The zero-order valence-corrected chi connectivity index (χ0v) is 10.6. The predicted molar refractivity (Wildman–Crippen MR) is 63.1 cm³/mol. The van der Waals surface area contributed by atoms with E-state index in [2.05, 4.69) is 38.1 Å². The summed E-state index contributed by atoms with van der Waals surface area (Å²) in [5, 5.41) is 0. The molecule has 0 aliphatic carbocycles. The molecule has 0 bridgehead atoms. The molecule has 0 radical (unpaired) electrons. The lowest BCUT2D eigenvalue weighted by Gasteiger charge is -2.25. The Labute approximate surface area is 90.9 Å². The minimum Gasteiger partial charge on any atom is -0.150 e. The van der Waals surface area contributed by atoms with Crippen LogP contribution in [0.2, 0.25) is 6.04 Å².